The average Bonchev–Trinajstić information content (AvgIpc) is 2.80. The van der Waals surface area contributed by atoms with E-state index in [1.807, 2.05) is 7.05 Å². The minimum atomic E-state index is -0.117. The van der Waals surface area contributed by atoms with E-state index in [1.54, 1.807) is 0 Å². The highest BCUT2D eigenvalue weighted by Crippen LogP contribution is 2.23. The summed E-state index contributed by atoms with van der Waals surface area (Å²) in [4.78, 5) is 4.72. The van der Waals surface area contributed by atoms with E-state index in [1.165, 1.54) is 30.7 Å². The van der Waals surface area contributed by atoms with Gasteiger partial charge in [-0.1, -0.05) is 6.92 Å². The zero-order chi connectivity index (χ0) is 14.6. The van der Waals surface area contributed by atoms with E-state index in [2.05, 4.69) is 23.7 Å². The van der Waals surface area contributed by atoms with E-state index < -0.39 is 0 Å². The Morgan fingerprint density at radius 2 is 2.10 bits per heavy atom. The minimum Gasteiger partial charge on any atom is -0.394 e. The average molecular weight is 279 g/mol. The van der Waals surface area contributed by atoms with Gasteiger partial charge in [-0.05, 0) is 58.9 Å². The quantitative estimate of drug-likeness (QED) is 0.804. The lowest BCUT2D eigenvalue weighted by Gasteiger charge is -2.30. The number of likely N-dealkylation sites (N-methyl/N-ethyl adjacent to an activating group) is 1. The topological polar surface area (TPSA) is 50.1 Å². The number of fused-ring (bicyclic) bond motifs is 1. The van der Waals surface area contributed by atoms with Crippen LogP contribution in [0.3, 0.4) is 0 Å². The van der Waals surface area contributed by atoms with Crippen molar-refractivity contribution in [3.05, 3.63) is 17.2 Å². The Hall–Kier alpha value is -0.870. The van der Waals surface area contributed by atoms with E-state index in [-0.39, 0.29) is 12.1 Å². The van der Waals surface area contributed by atoms with Crippen molar-refractivity contribution in [1.82, 2.24) is 14.9 Å². The second-order valence-corrected chi connectivity index (χ2v) is 6.06. The summed E-state index contributed by atoms with van der Waals surface area (Å²) < 4.78 is 2.40. The Kier molecular flexibility index (Phi) is 5.22. The number of nitrogens with one attached hydrogen (secondary N) is 1. The highest BCUT2D eigenvalue weighted by molar-refractivity contribution is 5.19. The van der Waals surface area contributed by atoms with Gasteiger partial charge >= 0.3 is 0 Å². The maximum Gasteiger partial charge on any atom is 0.106 e. The smallest absolute Gasteiger partial charge is 0.106 e. The van der Waals surface area contributed by atoms with Gasteiger partial charge < -0.3 is 15.0 Å². The predicted molar refractivity (Wildman–Crippen MR) is 82.0 cm³/mol. The Morgan fingerprint density at radius 1 is 1.35 bits per heavy atom. The molecule has 0 bridgehead atoms. The summed E-state index contributed by atoms with van der Waals surface area (Å²) in [5.41, 5.74) is 2.67. The van der Waals surface area contributed by atoms with Gasteiger partial charge in [0.1, 0.15) is 5.82 Å². The van der Waals surface area contributed by atoms with Crippen LogP contribution in [0.4, 0.5) is 0 Å². The van der Waals surface area contributed by atoms with Crippen molar-refractivity contribution < 1.29 is 5.11 Å². The SMILES string of the molecule is CCC(CO)(CCCn1c(C)nc2c1CCCC2)NC. The number of aliphatic hydroxyl groups excluding tert-OH is 1. The molecule has 1 aromatic rings. The molecule has 0 saturated heterocycles. The first-order valence-corrected chi connectivity index (χ1v) is 8.00. The molecule has 0 aromatic carbocycles. The molecule has 0 aliphatic heterocycles. The summed E-state index contributed by atoms with van der Waals surface area (Å²) >= 11 is 0. The Labute approximate surface area is 122 Å². The number of aryl methyl sites for hydroxylation is 2. The van der Waals surface area contributed by atoms with Gasteiger partial charge in [-0.3, -0.25) is 0 Å². The number of aliphatic hydroxyl groups is 1. The number of imidazole rings is 1. The molecule has 0 saturated carbocycles. The fraction of sp³-hybridized carbons (Fsp3) is 0.812. The van der Waals surface area contributed by atoms with Crippen LogP contribution in [0.5, 0.6) is 0 Å². The van der Waals surface area contributed by atoms with Gasteiger partial charge in [-0.25, -0.2) is 4.98 Å². The molecule has 0 amide bonds. The van der Waals surface area contributed by atoms with Crippen LogP contribution in [0.15, 0.2) is 0 Å². The molecule has 1 atom stereocenters. The van der Waals surface area contributed by atoms with E-state index >= 15 is 0 Å². The van der Waals surface area contributed by atoms with Gasteiger partial charge in [0, 0.05) is 17.8 Å². The van der Waals surface area contributed by atoms with Crippen LogP contribution in [0, 0.1) is 6.92 Å². The van der Waals surface area contributed by atoms with Crippen molar-refractivity contribution in [3.63, 3.8) is 0 Å². The third-order valence-electron chi connectivity index (χ3n) is 4.97. The molecule has 1 aromatic heterocycles. The van der Waals surface area contributed by atoms with Crippen molar-refractivity contribution >= 4 is 0 Å². The van der Waals surface area contributed by atoms with Crippen LogP contribution in [-0.4, -0.2) is 33.9 Å². The fourth-order valence-corrected chi connectivity index (χ4v) is 3.36. The Balaban J connectivity index is 1.99. The van der Waals surface area contributed by atoms with Gasteiger partial charge in [-0.15, -0.1) is 0 Å². The van der Waals surface area contributed by atoms with Crippen LogP contribution in [0.25, 0.3) is 0 Å². The number of nitrogens with zero attached hydrogens (tertiary/aromatic N) is 2. The van der Waals surface area contributed by atoms with Crippen molar-refractivity contribution in [3.8, 4) is 0 Å². The summed E-state index contributed by atoms with van der Waals surface area (Å²) in [6.07, 6.45) is 7.95. The molecule has 0 fully saturated rings. The lowest BCUT2D eigenvalue weighted by molar-refractivity contribution is 0.150. The maximum atomic E-state index is 9.60. The third-order valence-corrected chi connectivity index (χ3v) is 4.97. The summed E-state index contributed by atoms with van der Waals surface area (Å²) in [6, 6.07) is 0. The number of hydrogen-bond acceptors (Lipinski definition) is 3. The van der Waals surface area contributed by atoms with Crippen molar-refractivity contribution in [2.75, 3.05) is 13.7 Å². The van der Waals surface area contributed by atoms with Gasteiger partial charge in [0.15, 0.2) is 0 Å². The van der Waals surface area contributed by atoms with Crippen molar-refractivity contribution in [2.45, 2.75) is 70.9 Å². The molecule has 2 N–H and O–H groups in total. The Bertz CT molecular complexity index is 427. The van der Waals surface area contributed by atoms with Gasteiger partial charge in [0.05, 0.1) is 12.3 Å². The van der Waals surface area contributed by atoms with Crippen LogP contribution < -0.4 is 5.32 Å². The highest BCUT2D eigenvalue weighted by atomic mass is 16.3. The zero-order valence-corrected chi connectivity index (χ0v) is 13.2. The summed E-state index contributed by atoms with van der Waals surface area (Å²) in [7, 11) is 1.95. The van der Waals surface area contributed by atoms with E-state index in [0.717, 1.165) is 38.1 Å². The number of hydrogen-bond donors (Lipinski definition) is 2. The zero-order valence-electron chi connectivity index (χ0n) is 13.2. The number of aromatic nitrogens is 2. The summed E-state index contributed by atoms with van der Waals surface area (Å²) in [5, 5.41) is 12.9. The standard InChI is InChI=1S/C16H29N3O/c1-4-16(12-20,17-3)10-7-11-19-13(2)18-14-8-5-6-9-15(14)19/h17,20H,4-12H2,1-3H3. The molecule has 0 spiro atoms. The first kappa shape index (κ1) is 15.5. The molecule has 1 unspecified atom stereocenters. The van der Waals surface area contributed by atoms with E-state index in [9.17, 15) is 5.11 Å². The lowest BCUT2D eigenvalue weighted by atomic mass is 9.91. The fourth-order valence-electron chi connectivity index (χ4n) is 3.36. The first-order valence-electron chi connectivity index (χ1n) is 8.00. The molecule has 114 valence electrons. The molecule has 1 heterocycles. The van der Waals surface area contributed by atoms with Crippen LogP contribution in [0.1, 0.15) is 56.2 Å². The van der Waals surface area contributed by atoms with Crippen molar-refractivity contribution in [2.24, 2.45) is 0 Å². The monoisotopic (exact) mass is 279 g/mol. The Morgan fingerprint density at radius 3 is 2.75 bits per heavy atom. The minimum absolute atomic E-state index is 0.117. The number of rotatable bonds is 7. The highest BCUT2D eigenvalue weighted by Gasteiger charge is 2.25. The molecule has 1 aliphatic rings. The van der Waals surface area contributed by atoms with Gasteiger partial charge in [0.25, 0.3) is 0 Å². The predicted octanol–water partition coefficient (Wildman–Crippen LogP) is 2.21. The normalized spacial score (nSPS) is 17.8. The molecule has 0 radical (unpaired) electrons. The van der Waals surface area contributed by atoms with E-state index in [0.29, 0.717) is 0 Å². The second-order valence-electron chi connectivity index (χ2n) is 6.06. The lowest BCUT2D eigenvalue weighted by Crippen LogP contribution is -2.46. The van der Waals surface area contributed by atoms with Crippen LogP contribution in [-0.2, 0) is 19.4 Å². The molecule has 4 nitrogen and oxygen atoms in total. The largest absolute Gasteiger partial charge is 0.394 e. The molecule has 20 heavy (non-hydrogen) atoms. The first-order chi connectivity index (χ1) is 9.65. The molecular weight excluding hydrogens is 250 g/mol. The van der Waals surface area contributed by atoms with E-state index in [4.69, 9.17) is 4.98 Å². The molecule has 2 rings (SSSR count). The third kappa shape index (κ3) is 3.07. The van der Waals surface area contributed by atoms with Crippen LogP contribution >= 0.6 is 0 Å². The summed E-state index contributed by atoms with van der Waals surface area (Å²) in [5.74, 6) is 1.16. The van der Waals surface area contributed by atoms with Gasteiger partial charge in [0.2, 0.25) is 0 Å². The van der Waals surface area contributed by atoms with Crippen molar-refractivity contribution in [1.29, 1.82) is 0 Å². The second kappa shape index (κ2) is 6.72. The summed E-state index contributed by atoms with van der Waals surface area (Å²) in [6.45, 7) is 5.49. The van der Waals surface area contributed by atoms with Gasteiger partial charge in [-0.2, -0.15) is 0 Å². The maximum absolute atomic E-state index is 9.60. The van der Waals surface area contributed by atoms with Crippen LogP contribution in [0.2, 0.25) is 0 Å². The molecule has 4 heteroatoms. The molecule has 1 aliphatic carbocycles. The molecular formula is C16H29N3O.